The SMILES string of the molecule is [CH2]CC(C)OCC(C)O. The molecule has 0 amide bonds. The summed E-state index contributed by atoms with van der Waals surface area (Å²) in [5.41, 5.74) is 0. The van der Waals surface area contributed by atoms with Gasteiger partial charge in [0.25, 0.3) is 0 Å². The minimum atomic E-state index is -0.362. The van der Waals surface area contributed by atoms with Gasteiger partial charge in [-0.2, -0.15) is 0 Å². The lowest BCUT2D eigenvalue weighted by Gasteiger charge is -2.11. The van der Waals surface area contributed by atoms with E-state index in [-0.39, 0.29) is 12.2 Å². The number of rotatable bonds is 4. The summed E-state index contributed by atoms with van der Waals surface area (Å²) in [6.07, 6.45) is 0.561. The number of aliphatic hydroxyl groups excluding tert-OH is 1. The number of hydrogen-bond acceptors (Lipinski definition) is 2. The van der Waals surface area contributed by atoms with Crippen LogP contribution in [0.1, 0.15) is 20.3 Å². The Morgan fingerprint density at radius 2 is 2.11 bits per heavy atom. The van der Waals surface area contributed by atoms with Crippen LogP contribution >= 0.6 is 0 Å². The molecule has 0 aromatic rings. The second kappa shape index (κ2) is 4.77. The van der Waals surface area contributed by atoms with Crippen molar-refractivity contribution in [1.82, 2.24) is 0 Å². The molecule has 0 bridgehead atoms. The van der Waals surface area contributed by atoms with Crippen LogP contribution in [0.2, 0.25) is 0 Å². The van der Waals surface area contributed by atoms with Crippen molar-refractivity contribution in [2.45, 2.75) is 32.5 Å². The van der Waals surface area contributed by atoms with E-state index in [4.69, 9.17) is 9.84 Å². The summed E-state index contributed by atoms with van der Waals surface area (Å²) in [5.74, 6) is 0. The summed E-state index contributed by atoms with van der Waals surface area (Å²) in [6.45, 7) is 7.71. The molecule has 0 aromatic carbocycles. The number of hydrogen-bond donors (Lipinski definition) is 1. The molecule has 2 unspecified atom stereocenters. The molecule has 0 saturated carbocycles. The minimum Gasteiger partial charge on any atom is -0.391 e. The molecule has 0 aliphatic heterocycles. The van der Waals surface area contributed by atoms with Crippen LogP contribution in [-0.2, 0) is 4.74 Å². The Labute approximate surface area is 56.8 Å². The van der Waals surface area contributed by atoms with Gasteiger partial charge >= 0.3 is 0 Å². The zero-order valence-corrected chi connectivity index (χ0v) is 6.13. The van der Waals surface area contributed by atoms with Crippen LogP contribution in [-0.4, -0.2) is 23.9 Å². The molecular weight excluding hydrogens is 116 g/mol. The largest absolute Gasteiger partial charge is 0.391 e. The molecule has 0 aromatic heterocycles. The first-order valence-electron chi connectivity index (χ1n) is 3.25. The fraction of sp³-hybridized carbons (Fsp3) is 0.857. The van der Waals surface area contributed by atoms with Gasteiger partial charge in [0, 0.05) is 0 Å². The van der Waals surface area contributed by atoms with Gasteiger partial charge in [-0.15, -0.1) is 0 Å². The third-order valence-electron chi connectivity index (χ3n) is 1.03. The van der Waals surface area contributed by atoms with E-state index in [0.717, 1.165) is 6.42 Å². The van der Waals surface area contributed by atoms with Crippen molar-refractivity contribution in [3.05, 3.63) is 6.92 Å². The van der Waals surface area contributed by atoms with Gasteiger partial charge in [-0.3, -0.25) is 0 Å². The molecule has 0 heterocycles. The molecule has 0 aliphatic carbocycles. The van der Waals surface area contributed by atoms with Crippen molar-refractivity contribution >= 4 is 0 Å². The van der Waals surface area contributed by atoms with Crippen molar-refractivity contribution in [3.63, 3.8) is 0 Å². The van der Waals surface area contributed by atoms with Crippen molar-refractivity contribution in [2.24, 2.45) is 0 Å². The highest BCUT2D eigenvalue weighted by Gasteiger charge is 1.99. The van der Waals surface area contributed by atoms with Gasteiger partial charge in [-0.05, 0) is 20.3 Å². The second-order valence-corrected chi connectivity index (χ2v) is 2.28. The molecule has 2 nitrogen and oxygen atoms in total. The molecule has 0 fully saturated rings. The molecule has 0 rings (SSSR count). The second-order valence-electron chi connectivity index (χ2n) is 2.28. The van der Waals surface area contributed by atoms with Crippen LogP contribution in [0.5, 0.6) is 0 Å². The van der Waals surface area contributed by atoms with Crippen molar-refractivity contribution in [2.75, 3.05) is 6.61 Å². The van der Waals surface area contributed by atoms with Gasteiger partial charge in [0.2, 0.25) is 0 Å². The molecule has 9 heavy (non-hydrogen) atoms. The first-order valence-corrected chi connectivity index (χ1v) is 3.25. The van der Waals surface area contributed by atoms with Crippen molar-refractivity contribution in [1.29, 1.82) is 0 Å². The van der Waals surface area contributed by atoms with Crippen LogP contribution in [0.25, 0.3) is 0 Å². The first-order chi connectivity index (χ1) is 4.16. The summed E-state index contributed by atoms with van der Waals surface area (Å²) in [5, 5.41) is 8.75. The summed E-state index contributed by atoms with van der Waals surface area (Å²) < 4.78 is 5.14. The molecular formula is C7H15O2. The fourth-order valence-corrected chi connectivity index (χ4v) is 0.387. The Morgan fingerprint density at radius 1 is 1.56 bits per heavy atom. The maximum Gasteiger partial charge on any atom is 0.0745 e. The Bertz CT molecular complexity index is 61.9. The van der Waals surface area contributed by atoms with Crippen LogP contribution in [0.15, 0.2) is 0 Å². The van der Waals surface area contributed by atoms with E-state index in [9.17, 15) is 0 Å². The predicted molar refractivity (Wildman–Crippen MR) is 37.1 cm³/mol. The molecule has 1 N–H and O–H groups in total. The van der Waals surface area contributed by atoms with Crippen LogP contribution in [0.4, 0.5) is 0 Å². The first kappa shape index (κ1) is 8.92. The molecule has 55 valence electrons. The highest BCUT2D eigenvalue weighted by Crippen LogP contribution is 1.95. The van der Waals surface area contributed by atoms with Gasteiger partial charge in [-0.25, -0.2) is 0 Å². The lowest BCUT2D eigenvalue weighted by molar-refractivity contribution is 0.00665. The quantitative estimate of drug-likeness (QED) is 0.616. The Morgan fingerprint density at radius 3 is 2.44 bits per heavy atom. The highest BCUT2D eigenvalue weighted by atomic mass is 16.5. The molecule has 0 saturated heterocycles. The van der Waals surface area contributed by atoms with E-state index in [0.29, 0.717) is 6.61 Å². The molecule has 2 atom stereocenters. The van der Waals surface area contributed by atoms with Crippen LogP contribution < -0.4 is 0 Å². The Balaban J connectivity index is 3.06. The normalized spacial score (nSPS) is 17.3. The summed E-state index contributed by atoms with van der Waals surface area (Å²) in [6, 6.07) is 0. The van der Waals surface area contributed by atoms with Gasteiger partial charge in [0.1, 0.15) is 0 Å². The monoisotopic (exact) mass is 131 g/mol. The van der Waals surface area contributed by atoms with Gasteiger partial charge in [0.15, 0.2) is 0 Å². The van der Waals surface area contributed by atoms with Crippen molar-refractivity contribution in [3.8, 4) is 0 Å². The third-order valence-corrected chi connectivity index (χ3v) is 1.03. The minimum absolute atomic E-state index is 0.166. The average molecular weight is 131 g/mol. The summed E-state index contributed by atoms with van der Waals surface area (Å²) in [7, 11) is 0. The van der Waals surface area contributed by atoms with Crippen molar-refractivity contribution < 1.29 is 9.84 Å². The Hall–Kier alpha value is -0.0800. The standard InChI is InChI=1S/C7H15O2/c1-4-7(3)9-5-6(2)8/h6-8H,1,4-5H2,2-3H3. The predicted octanol–water partition coefficient (Wildman–Crippen LogP) is 0.996. The zero-order chi connectivity index (χ0) is 7.28. The number of aliphatic hydroxyl groups is 1. The fourth-order valence-electron chi connectivity index (χ4n) is 0.387. The van der Waals surface area contributed by atoms with E-state index in [1.807, 2.05) is 6.92 Å². The topological polar surface area (TPSA) is 29.5 Å². The molecule has 1 radical (unpaired) electrons. The lowest BCUT2D eigenvalue weighted by Crippen LogP contribution is -2.16. The third kappa shape index (κ3) is 5.80. The van der Waals surface area contributed by atoms with Gasteiger partial charge < -0.3 is 9.84 Å². The summed E-state index contributed by atoms with van der Waals surface area (Å²) >= 11 is 0. The smallest absolute Gasteiger partial charge is 0.0745 e. The van der Waals surface area contributed by atoms with E-state index in [2.05, 4.69) is 6.92 Å². The van der Waals surface area contributed by atoms with E-state index in [1.165, 1.54) is 0 Å². The van der Waals surface area contributed by atoms with Crippen LogP contribution in [0.3, 0.4) is 0 Å². The van der Waals surface area contributed by atoms with Gasteiger partial charge in [-0.1, -0.05) is 6.92 Å². The maximum atomic E-state index is 8.75. The van der Waals surface area contributed by atoms with E-state index < -0.39 is 0 Å². The molecule has 0 aliphatic rings. The van der Waals surface area contributed by atoms with Gasteiger partial charge in [0.05, 0.1) is 18.8 Å². The van der Waals surface area contributed by atoms with E-state index >= 15 is 0 Å². The highest BCUT2D eigenvalue weighted by molar-refractivity contribution is 4.52. The maximum absolute atomic E-state index is 8.75. The zero-order valence-electron chi connectivity index (χ0n) is 6.13. The number of ether oxygens (including phenoxy) is 1. The molecule has 2 heteroatoms. The average Bonchev–Trinajstić information content (AvgIpc) is 1.83. The molecule has 0 spiro atoms. The lowest BCUT2D eigenvalue weighted by atomic mass is 10.3. The summed E-state index contributed by atoms with van der Waals surface area (Å²) in [4.78, 5) is 0. The van der Waals surface area contributed by atoms with E-state index in [1.54, 1.807) is 6.92 Å². The Kier molecular flexibility index (Phi) is 4.72. The van der Waals surface area contributed by atoms with Crippen LogP contribution in [0, 0.1) is 6.92 Å².